The largest absolute Gasteiger partial charge is 0.490 e. The molecule has 0 aliphatic rings. The van der Waals surface area contributed by atoms with Crippen molar-refractivity contribution >= 4 is 11.3 Å². The number of fused-ring (bicyclic) bond motifs is 1. The van der Waals surface area contributed by atoms with Crippen molar-refractivity contribution in [2.45, 2.75) is 6.92 Å². The Morgan fingerprint density at radius 1 is 0.966 bits per heavy atom. The molecule has 0 unspecified atom stereocenters. The standard InChI is InChI=1S/C22H19N3O4/c1-16-3-2-4-20(13-16)29-12-11-28-19-8-5-17(6-9-19)21-15-24-14-18(25(26)27)7-10-22(24)23-21/h2-10,13-15H,11-12H2,1H3. The van der Waals surface area contributed by atoms with Gasteiger partial charge in [0.25, 0.3) is 5.69 Å². The van der Waals surface area contributed by atoms with Crippen LogP contribution in [0.2, 0.25) is 0 Å². The van der Waals surface area contributed by atoms with E-state index in [1.54, 1.807) is 16.7 Å². The highest BCUT2D eigenvalue weighted by Crippen LogP contribution is 2.23. The first kappa shape index (κ1) is 18.5. The van der Waals surface area contributed by atoms with Gasteiger partial charge in [0.1, 0.15) is 30.4 Å². The van der Waals surface area contributed by atoms with Crippen molar-refractivity contribution in [1.82, 2.24) is 9.38 Å². The molecular formula is C22H19N3O4. The van der Waals surface area contributed by atoms with E-state index in [9.17, 15) is 10.1 Å². The number of aromatic nitrogens is 2. The molecule has 29 heavy (non-hydrogen) atoms. The van der Waals surface area contributed by atoms with Crippen molar-refractivity contribution in [3.63, 3.8) is 0 Å². The van der Waals surface area contributed by atoms with Crippen LogP contribution in [0.5, 0.6) is 11.5 Å². The molecule has 7 heteroatoms. The molecule has 7 nitrogen and oxygen atoms in total. The third-order valence-corrected chi connectivity index (χ3v) is 4.41. The monoisotopic (exact) mass is 389 g/mol. The second-order valence-electron chi connectivity index (χ2n) is 6.57. The normalized spacial score (nSPS) is 10.8. The minimum atomic E-state index is -0.423. The van der Waals surface area contributed by atoms with Gasteiger partial charge in [0, 0.05) is 17.8 Å². The lowest BCUT2D eigenvalue weighted by Gasteiger charge is -2.09. The molecule has 2 aromatic heterocycles. The van der Waals surface area contributed by atoms with E-state index in [0.717, 1.165) is 28.3 Å². The maximum atomic E-state index is 10.9. The van der Waals surface area contributed by atoms with Crippen LogP contribution in [0, 0.1) is 17.0 Å². The summed E-state index contributed by atoms with van der Waals surface area (Å²) in [6.07, 6.45) is 3.23. The van der Waals surface area contributed by atoms with E-state index in [1.807, 2.05) is 55.5 Å². The first-order chi connectivity index (χ1) is 14.1. The summed E-state index contributed by atoms with van der Waals surface area (Å²) in [7, 11) is 0. The quantitative estimate of drug-likeness (QED) is 0.261. The predicted octanol–water partition coefficient (Wildman–Crippen LogP) is 4.68. The zero-order valence-corrected chi connectivity index (χ0v) is 15.8. The van der Waals surface area contributed by atoms with Crippen molar-refractivity contribution in [1.29, 1.82) is 0 Å². The Labute approximate surface area is 167 Å². The Hall–Kier alpha value is -3.87. The van der Waals surface area contributed by atoms with Gasteiger partial charge in [-0.25, -0.2) is 4.98 Å². The van der Waals surface area contributed by atoms with E-state index in [4.69, 9.17) is 9.47 Å². The van der Waals surface area contributed by atoms with Crippen LogP contribution in [-0.2, 0) is 0 Å². The molecule has 0 atom stereocenters. The number of nitro groups is 1. The molecule has 0 aliphatic heterocycles. The van der Waals surface area contributed by atoms with Gasteiger partial charge in [-0.3, -0.25) is 14.5 Å². The summed E-state index contributed by atoms with van der Waals surface area (Å²) in [5.74, 6) is 1.57. The molecule has 2 heterocycles. The van der Waals surface area contributed by atoms with Gasteiger partial charge >= 0.3 is 0 Å². The Bertz CT molecular complexity index is 1150. The highest BCUT2D eigenvalue weighted by Gasteiger charge is 2.09. The molecule has 0 radical (unpaired) electrons. The zero-order chi connectivity index (χ0) is 20.2. The van der Waals surface area contributed by atoms with E-state index in [0.29, 0.717) is 18.9 Å². The molecule has 4 rings (SSSR count). The van der Waals surface area contributed by atoms with Gasteiger partial charge < -0.3 is 9.47 Å². The molecule has 0 N–H and O–H groups in total. The lowest BCUT2D eigenvalue weighted by Crippen LogP contribution is -2.08. The summed E-state index contributed by atoms with van der Waals surface area (Å²) >= 11 is 0. The SMILES string of the molecule is Cc1cccc(OCCOc2ccc(-c3cn4cc([N+](=O)[O-])ccc4n3)cc2)c1. The predicted molar refractivity (Wildman–Crippen MR) is 109 cm³/mol. The summed E-state index contributed by atoms with van der Waals surface area (Å²) in [4.78, 5) is 15.0. The van der Waals surface area contributed by atoms with Gasteiger partial charge in [-0.15, -0.1) is 0 Å². The minimum absolute atomic E-state index is 0.0260. The fourth-order valence-electron chi connectivity index (χ4n) is 2.97. The van der Waals surface area contributed by atoms with Crippen LogP contribution < -0.4 is 9.47 Å². The summed E-state index contributed by atoms with van der Waals surface area (Å²) in [5.41, 5.74) is 3.47. The lowest BCUT2D eigenvalue weighted by molar-refractivity contribution is -0.385. The molecular weight excluding hydrogens is 370 g/mol. The molecule has 0 saturated carbocycles. The van der Waals surface area contributed by atoms with Crippen molar-refractivity contribution in [3.8, 4) is 22.8 Å². The molecule has 0 spiro atoms. The average Bonchev–Trinajstić information content (AvgIpc) is 3.15. The van der Waals surface area contributed by atoms with Crippen LogP contribution in [0.3, 0.4) is 0 Å². The summed E-state index contributed by atoms with van der Waals surface area (Å²) < 4.78 is 13.1. The molecule has 146 valence electrons. The molecule has 0 amide bonds. The third-order valence-electron chi connectivity index (χ3n) is 4.41. The van der Waals surface area contributed by atoms with Crippen LogP contribution in [0.1, 0.15) is 5.56 Å². The Balaban J connectivity index is 1.37. The zero-order valence-electron chi connectivity index (χ0n) is 15.8. The minimum Gasteiger partial charge on any atom is -0.490 e. The first-order valence-electron chi connectivity index (χ1n) is 9.14. The van der Waals surface area contributed by atoms with E-state index in [-0.39, 0.29) is 5.69 Å². The van der Waals surface area contributed by atoms with Gasteiger partial charge in [0.2, 0.25) is 0 Å². The maximum Gasteiger partial charge on any atom is 0.286 e. The summed E-state index contributed by atoms with van der Waals surface area (Å²) in [5, 5.41) is 10.9. The van der Waals surface area contributed by atoms with Crippen molar-refractivity contribution < 1.29 is 14.4 Å². The molecule has 0 saturated heterocycles. The van der Waals surface area contributed by atoms with Crippen LogP contribution in [0.15, 0.2) is 73.1 Å². The van der Waals surface area contributed by atoms with Gasteiger partial charge in [-0.05, 0) is 55.0 Å². The number of benzene rings is 2. The first-order valence-corrected chi connectivity index (χ1v) is 9.14. The number of aryl methyl sites for hydroxylation is 1. The topological polar surface area (TPSA) is 78.9 Å². The number of nitrogens with zero attached hydrogens (tertiary/aromatic N) is 3. The lowest BCUT2D eigenvalue weighted by atomic mass is 10.2. The van der Waals surface area contributed by atoms with E-state index >= 15 is 0 Å². The smallest absolute Gasteiger partial charge is 0.286 e. The number of ether oxygens (including phenoxy) is 2. The maximum absolute atomic E-state index is 10.9. The van der Waals surface area contributed by atoms with Crippen LogP contribution in [0.4, 0.5) is 5.69 Å². The van der Waals surface area contributed by atoms with Crippen molar-refractivity contribution in [3.05, 3.63) is 88.7 Å². The van der Waals surface area contributed by atoms with Gasteiger partial charge in [0.05, 0.1) is 16.8 Å². The fourth-order valence-corrected chi connectivity index (χ4v) is 2.97. The molecule has 4 aromatic rings. The highest BCUT2D eigenvalue weighted by atomic mass is 16.6. The number of hydrogen-bond acceptors (Lipinski definition) is 5. The number of rotatable bonds is 7. The van der Waals surface area contributed by atoms with E-state index in [1.165, 1.54) is 12.3 Å². The van der Waals surface area contributed by atoms with Crippen LogP contribution in [-0.4, -0.2) is 27.5 Å². The van der Waals surface area contributed by atoms with Gasteiger partial charge in [0.15, 0.2) is 0 Å². The second kappa shape index (κ2) is 8.02. The number of imidazole rings is 1. The van der Waals surface area contributed by atoms with Crippen molar-refractivity contribution in [2.24, 2.45) is 0 Å². The van der Waals surface area contributed by atoms with Crippen LogP contribution >= 0.6 is 0 Å². The second-order valence-corrected chi connectivity index (χ2v) is 6.57. The molecule has 0 aliphatic carbocycles. The molecule has 0 fully saturated rings. The average molecular weight is 389 g/mol. The van der Waals surface area contributed by atoms with E-state index < -0.39 is 4.92 Å². The Kier molecular flexibility index (Phi) is 5.11. The summed E-state index contributed by atoms with van der Waals surface area (Å²) in [6.45, 7) is 2.91. The van der Waals surface area contributed by atoms with Crippen LogP contribution in [0.25, 0.3) is 16.9 Å². The number of hydrogen-bond donors (Lipinski definition) is 0. The highest BCUT2D eigenvalue weighted by molar-refractivity contribution is 5.63. The van der Waals surface area contributed by atoms with Gasteiger partial charge in [-0.1, -0.05) is 12.1 Å². The van der Waals surface area contributed by atoms with Crippen molar-refractivity contribution in [2.75, 3.05) is 13.2 Å². The van der Waals surface area contributed by atoms with Gasteiger partial charge in [-0.2, -0.15) is 0 Å². The third kappa shape index (κ3) is 4.35. The fraction of sp³-hybridized carbons (Fsp3) is 0.136. The Morgan fingerprint density at radius 3 is 2.45 bits per heavy atom. The Morgan fingerprint density at radius 2 is 1.72 bits per heavy atom. The molecule has 2 aromatic carbocycles. The molecule has 0 bridgehead atoms. The van der Waals surface area contributed by atoms with E-state index in [2.05, 4.69) is 4.98 Å². The number of pyridine rings is 1. The summed E-state index contributed by atoms with van der Waals surface area (Å²) in [6, 6.07) is 18.5.